The molecule has 3 aromatic rings. The molecule has 180 valence electrons. The number of aromatic nitrogens is 4. The molecule has 0 saturated heterocycles. The van der Waals surface area contributed by atoms with E-state index in [9.17, 15) is 9.90 Å². The SMILES string of the molecule is COc1cccc(CN2CCc3nnc([C@@H](CC(C)C)NC(=O)c4cccnc4)n3CC2)c1O. The Labute approximate surface area is 199 Å². The standard InChI is InChI=1S/C25H32N6O3/c1-17(2)14-20(27-25(33)18-7-5-10-26-15-18)24-29-28-22-9-11-30(12-13-31(22)24)16-19-6-4-8-21(34-3)23(19)32/h4-8,10,15,17,20,32H,9,11-14,16H2,1-3H3,(H,27,33)/t20-/m1/s1. The van der Waals surface area contributed by atoms with Gasteiger partial charge < -0.3 is 19.7 Å². The number of aromatic hydroxyl groups is 1. The van der Waals surface area contributed by atoms with Crippen LogP contribution in [0.25, 0.3) is 0 Å². The summed E-state index contributed by atoms with van der Waals surface area (Å²) >= 11 is 0. The summed E-state index contributed by atoms with van der Waals surface area (Å²) in [6.45, 7) is 7.16. The number of ether oxygens (including phenoxy) is 1. The van der Waals surface area contributed by atoms with Gasteiger partial charge in [0.2, 0.25) is 0 Å². The third kappa shape index (κ3) is 5.36. The molecule has 0 fully saturated rings. The maximum absolute atomic E-state index is 12.9. The second-order valence-electron chi connectivity index (χ2n) is 9.02. The lowest BCUT2D eigenvalue weighted by atomic mass is 10.0. The zero-order chi connectivity index (χ0) is 24.1. The quantitative estimate of drug-likeness (QED) is 0.528. The Kier molecular flexibility index (Phi) is 7.42. The van der Waals surface area contributed by atoms with E-state index in [1.165, 1.54) is 0 Å². The molecule has 9 nitrogen and oxygen atoms in total. The zero-order valence-electron chi connectivity index (χ0n) is 19.9. The van der Waals surface area contributed by atoms with Crippen molar-refractivity contribution in [2.24, 2.45) is 5.92 Å². The topological polar surface area (TPSA) is 105 Å². The van der Waals surface area contributed by atoms with E-state index in [-0.39, 0.29) is 17.7 Å². The molecule has 3 heterocycles. The van der Waals surface area contributed by atoms with E-state index in [4.69, 9.17) is 4.74 Å². The van der Waals surface area contributed by atoms with Crippen LogP contribution in [0, 0.1) is 5.92 Å². The van der Waals surface area contributed by atoms with Gasteiger partial charge in [-0.25, -0.2) is 0 Å². The highest BCUT2D eigenvalue weighted by Gasteiger charge is 2.26. The Bertz CT molecular complexity index is 1120. The van der Waals surface area contributed by atoms with Gasteiger partial charge in [0, 0.05) is 50.6 Å². The second kappa shape index (κ2) is 10.6. The number of phenols is 1. The van der Waals surface area contributed by atoms with Crippen LogP contribution in [-0.4, -0.2) is 55.9 Å². The van der Waals surface area contributed by atoms with Crippen LogP contribution < -0.4 is 10.1 Å². The van der Waals surface area contributed by atoms with E-state index in [2.05, 4.69) is 43.8 Å². The average molecular weight is 465 g/mol. The van der Waals surface area contributed by atoms with E-state index in [1.807, 2.05) is 12.1 Å². The summed E-state index contributed by atoms with van der Waals surface area (Å²) in [6, 6.07) is 8.82. The van der Waals surface area contributed by atoms with Crippen LogP contribution in [0.3, 0.4) is 0 Å². The van der Waals surface area contributed by atoms with Gasteiger partial charge >= 0.3 is 0 Å². The number of fused-ring (bicyclic) bond motifs is 1. The first-order chi connectivity index (χ1) is 16.5. The summed E-state index contributed by atoms with van der Waals surface area (Å²) in [7, 11) is 1.55. The number of carbonyl (C=O) groups excluding carboxylic acids is 1. The Balaban J connectivity index is 1.50. The number of hydrogen-bond acceptors (Lipinski definition) is 7. The van der Waals surface area contributed by atoms with Crippen LogP contribution in [0.15, 0.2) is 42.7 Å². The van der Waals surface area contributed by atoms with Gasteiger partial charge in [0.05, 0.1) is 18.7 Å². The molecule has 1 amide bonds. The van der Waals surface area contributed by atoms with Gasteiger partial charge in [0.1, 0.15) is 5.82 Å². The maximum Gasteiger partial charge on any atom is 0.253 e. The smallest absolute Gasteiger partial charge is 0.253 e. The van der Waals surface area contributed by atoms with Gasteiger partial charge in [-0.1, -0.05) is 26.0 Å². The number of methoxy groups -OCH3 is 1. The van der Waals surface area contributed by atoms with E-state index in [1.54, 1.807) is 37.7 Å². The zero-order valence-corrected chi connectivity index (χ0v) is 19.9. The number of pyridine rings is 1. The normalized spacial score (nSPS) is 14.9. The van der Waals surface area contributed by atoms with Crippen LogP contribution in [0.5, 0.6) is 11.5 Å². The summed E-state index contributed by atoms with van der Waals surface area (Å²) in [5.41, 5.74) is 1.36. The number of nitrogens with zero attached hydrogens (tertiary/aromatic N) is 5. The molecular weight excluding hydrogens is 432 g/mol. The number of phenolic OH excluding ortho intramolecular Hbond substituents is 1. The molecule has 0 radical (unpaired) electrons. The molecule has 1 atom stereocenters. The predicted molar refractivity (Wildman–Crippen MR) is 128 cm³/mol. The molecule has 1 aliphatic heterocycles. The van der Waals surface area contributed by atoms with Crippen molar-refractivity contribution in [3.8, 4) is 11.5 Å². The fourth-order valence-corrected chi connectivity index (χ4v) is 4.34. The van der Waals surface area contributed by atoms with Crippen LogP contribution in [0.2, 0.25) is 0 Å². The third-order valence-electron chi connectivity index (χ3n) is 6.09. The van der Waals surface area contributed by atoms with Crippen molar-refractivity contribution in [3.63, 3.8) is 0 Å². The van der Waals surface area contributed by atoms with Gasteiger partial charge in [0.25, 0.3) is 5.91 Å². The van der Waals surface area contributed by atoms with Gasteiger partial charge in [-0.3, -0.25) is 14.7 Å². The highest BCUT2D eigenvalue weighted by atomic mass is 16.5. The summed E-state index contributed by atoms with van der Waals surface area (Å²) in [4.78, 5) is 19.2. The molecule has 2 aromatic heterocycles. The molecule has 34 heavy (non-hydrogen) atoms. The molecular formula is C25H32N6O3. The number of carbonyl (C=O) groups is 1. The molecule has 4 rings (SSSR count). The van der Waals surface area contributed by atoms with Crippen LogP contribution >= 0.6 is 0 Å². The number of nitrogens with one attached hydrogen (secondary N) is 1. The first-order valence-corrected chi connectivity index (χ1v) is 11.7. The number of rotatable bonds is 8. The first kappa shape index (κ1) is 23.7. The summed E-state index contributed by atoms with van der Waals surface area (Å²) in [6.07, 6.45) is 4.71. The molecule has 9 heteroatoms. The molecule has 0 saturated carbocycles. The monoisotopic (exact) mass is 464 g/mol. The van der Waals surface area contributed by atoms with Crippen molar-refractivity contribution in [1.29, 1.82) is 0 Å². The minimum absolute atomic E-state index is 0.167. The minimum atomic E-state index is -0.247. The number of hydrogen-bond donors (Lipinski definition) is 2. The van der Waals surface area contributed by atoms with Crippen LogP contribution in [0.1, 0.15) is 53.9 Å². The number of benzene rings is 1. The van der Waals surface area contributed by atoms with Crippen molar-refractivity contribution < 1.29 is 14.6 Å². The highest BCUT2D eigenvalue weighted by Crippen LogP contribution is 2.30. The van der Waals surface area contributed by atoms with Gasteiger partial charge in [-0.2, -0.15) is 0 Å². The minimum Gasteiger partial charge on any atom is -0.504 e. The molecule has 0 unspecified atom stereocenters. The molecule has 0 spiro atoms. The van der Waals surface area contributed by atoms with Crippen LogP contribution in [-0.2, 0) is 19.5 Å². The summed E-state index contributed by atoms with van der Waals surface area (Å²) in [5, 5.41) is 22.6. The Morgan fingerprint density at radius 2 is 2.03 bits per heavy atom. The van der Waals surface area contributed by atoms with Crippen molar-refractivity contribution >= 4 is 5.91 Å². The first-order valence-electron chi connectivity index (χ1n) is 11.7. The van der Waals surface area contributed by atoms with Crippen molar-refractivity contribution in [2.75, 3.05) is 20.2 Å². The number of amides is 1. The molecule has 0 aliphatic carbocycles. The van der Waals surface area contributed by atoms with Gasteiger partial charge in [0.15, 0.2) is 17.3 Å². The molecule has 2 N–H and O–H groups in total. The fraction of sp³-hybridized carbons (Fsp3) is 0.440. The fourth-order valence-electron chi connectivity index (χ4n) is 4.34. The Morgan fingerprint density at radius 3 is 2.76 bits per heavy atom. The molecule has 1 aliphatic rings. The second-order valence-corrected chi connectivity index (χ2v) is 9.02. The Hall–Kier alpha value is -3.46. The summed E-state index contributed by atoms with van der Waals surface area (Å²) in [5.74, 6) is 2.56. The lowest BCUT2D eigenvalue weighted by Crippen LogP contribution is -2.32. The van der Waals surface area contributed by atoms with E-state index in [0.717, 1.165) is 43.1 Å². The lowest BCUT2D eigenvalue weighted by molar-refractivity contribution is 0.0928. The van der Waals surface area contributed by atoms with Crippen molar-refractivity contribution in [3.05, 3.63) is 65.5 Å². The van der Waals surface area contributed by atoms with Crippen molar-refractivity contribution in [1.82, 2.24) is 30.0 Å². The van der Waals surface area contributed by atoms with Crippen LogP contribution in [0.4, 0.5) is 0 Å². The van der Waals surface area contributed by atoms with Gasteiger partial charge in [-0.05, 0) is 30.5 Å². The van der Waals surface area contributed by atoms with E-state index < -0.39 is 0 Å². The average Bonchev–Trinajstić information content (AvgIpc) is 3.14. The molecule has 1 aromatic carbocycles. The highest BCUT2D eigenvalue weighted by molar-refractivity contribution is 5.94. The molecule has 0 bridgehead atoms. The van der Waals surface area contributed by atoms with E-state index >= 15 is 0 Å². The number of para-hydroxylation sites is 1. The predicted octanol–water partition coefficient (Wildman–Crippen LogP) is 2.96. The maximum atomic E-state index is 12.9. The third-order valence-corrected chi connectivity index (χ3v) is 6.09. The Morgan fingerprint density at radius 1 is 1.18 bits per heavy atom. The van der Waals surface area contributed by atoms with Gasteiger partial charge in [-0.15, -0.1) is 10.2 Å². The van der Waals surface area contributed by atoms with Crippen molar-refractivity contribution in [2.45, 2.75) is 45.8 Å². The summed E-state index contributed by atoms with van der Waals surface area (Å²) < 4.78 is 7.39. The lowest BCUT2D eigenvalue weighted by Gasteiger charge is -2.22. The van der Waals surface area contributed by atoms with E-state index in [0.29, 0.717) is 30.3 Å². The largest absolute Gasteiger partial charge is 0.504 e.